The molecule has 0 aliphatic heterocycles. The largest absolute Gasteiger partial charge is 0.465 e. The fourth-order valence-electron chi connectivity index (χ4n) is 3.94. The SMILES string of the molecule is C[C@@H](Nc1nc(C(=N)NC(=O)O)nc(N)c1NCC1CCCCC1)C1CCC1. The Balaban J connectivity index is 1.80. The molecule has 9 nitrogen and oxygen atoms in total. The van der Waals surface area contributed by atoms with Crippen molar-refractivity contribution in [3.05, 3.63) is 5.82 Å². The van der Waals surface area contributed by atoms with Gasteiger partial charge in [0.2, 0.25) is 0 Å². The van der Waals surface area contributed by atoms with E-state index in [2.05, 4.69) is 27.5 Å². The number of nitrogen functional groups attached to an aromatic ring is 1. The molecule has 0 bridgehead atoms. The molecule has 1 amide bonds. The second-order valence-corrected chi connectivity index (χ2v) is 7.97. The van der Waals surface area contributed by atoms with Gasteiger partial charge >= 0.3 is 6.09 Å². The molecule has 7 N–H and O–H groups in total. The van der Waals surface area contributed by atoms with Crippen molar-refractivity contribution >= 4 is 29.3 Å². The minimum absolute atomic E-state index is 0.0357. The lowest BCUT2D eigenvalue weighted by molar-refractivity contribution is 0.200. The highest BCUT2D eigenvalue weighted by atomic mass is 16.4. The third-order valence-corrected chi connectivity index (χ3v) is 5.91. The van der Waals surface area contributed by atoms with Crippen molar-refractivity contribution in [3.8, 4) is 0 Å². The average Bonchev–Trinajstić information content (AvgIpc) is 2.59. The molecule has 2 fully saturated rings. The molecule has 1 aromatic rings. The molecule has 2 saturated carbocycles. The van der Waals surface area contributed by atoms with E-state index < -0.39 is 11.9 Å². The van der Waals surface area contributed by atoms with Gasteiger partial charge in [-0.25, -0.2) is 14.8 Å². The Morgan fingerprint density at radius 3 is 2.54 bits per heavy atom. The van der Waals surface area contributed by atoms with E-state index in [0.29, 0.717) is 23.3 Å². The van der Waals surface area contributed by atoms with Gasteiger partial charge in [0.15, 0.2) is 23.3 Å². The van der Waals surface area contributed by atoms with E-state index in [1.807, 2.05) is 5.32 Å². The lowest BCUT2D eigenvalue weighted by Gasteiger charge is -2.33. The summed E-state index contributed by atoms with van der Waals surface area (Å²) in [5.41, 5.74) is 6.82. The highest BCUT2D eigenvalue weighted by Gasteiger charge is 2.26. The number of hydrogen-bond acceptors (Lipinski definition) is 7. The second kappa shape index (κ2) is 9.07. The van der Waals surface area contributed by atoms with E-state index in [1.54, 1.807) is 0 Å². The molecule has 9 heteroatoms. The number of anilines is 3. The molecule has 2 aliphatic carbocycles. The number of amidine groups is 1. The fourth-order valence-corrected chi connectivity index (χ4v) is 3.94. The normalized spacial score (nSPS) is 18.8. The summed E-state index contributed by atoms with van der Waals surface area (Å²) >= 11 is 0. The van der Waals surface area contributed by atoms with Gasteiger partial charge in [-0.3, -0.25) is 10.7 Å². The number of nitrogens with two attached hydrogens (primary N) is 1. The first kappa shape index (κ1) is 20.2. The van der Waals surface area contributed by atoms with Gasteiger partial charge in [-0.05, 0) is 44.4 Å². The number of hydrogen-bond donors (Lipinski definition) is 6. The van der Waals surface area contributed by atoms with Crippen LogP contribution in [0.15, 0.2) is 0 Å². The monoisotopic (exact) mass is 389 g/mol. The number of aromatic nitrogens is 2. The molecular formula is C19H31N7O2. The van der Waals surface area contributed by atoms with E-state index >= 15 is 0 Å². The van der Waals surface area contributed by atoms with Gasteiger partial charge in [0, 0.05) is 12.6 Å². The smallest absolute Gasteiger partial charge is 0.410 e. The van der Waals surface area contributed by atoms with E-state index in [4.69, 9.17) is 16.2 Å². The Labute approximate surface area is 165 Å². The zero-order chi connectivity index (χ0) is 20.1. The van der Waals surface area contributed by atoms with E-state index in [9.17, 15) is 4.79 Å². The number of nitrogens with one attached hydrogen (secondary N) is 4. The molecule has 0 aromatic carbocycles. The van der Waals surface area contributed by atoms with Crippen LogP contribution in [0.4, 0.5) is 22.1 Å². The Morgan fingerprint density at radius 2 is 1.93 bits per heavy atom. The van der Waals surface area contributed by atoms with Crippen LogP contribution in [-0.2, 0) is 0 Å². The summed E-state index contributed by atoms with van der Waals surface area (Å²) in [7, 11) is 0. The maximum Gasteiger partial charge on any atom is 0.410 e. The van der Waals surface area contributed by atoms with Crippen molar-refractivity contribution in [3.63, 3.8) is 0 Å². The topological polar surface area (TPSA) is 149 Å². The van der Waals surface area contributed by atoms with Crippen LogP contribution in [0.2, 0.25) is 0 Å². The van der Waals surface area contributed by atoms with Gasteiger partial charge in [-0.1, -0.05) is 25.7 Å². The lowest BCUT2D eigenvalue weighted by Crippen LogP contribution is -2.33. The van der Waals surface area contributed by atoms with Gasteiger partial charge < -0.3 is 21.5 Å². The molecule has 3 rings (SSSR count). The Morgan fingerprint density at radius 1 is 1.21 bits per heavy atom. The van der Waals surface area contributed by atoms with Gasteiger partial charge in [-0.15, -0.1) is 0 Å². The zero-order valence-corrected chi connectivity index (χ0v) is 16.4. The van der Waals surface area contributed by atoms with Crippen LogP contribution in [0, 0.1) is 17.2 Å². The Kier molecular flexibility index (Phi) is 6.53. The maximum absolute atomic E-state index is 10.8. The van der Waals surface area contributed by atoms with Crippen LogP contribution in [0.25, 0.3) is 0 Å². The second-order valence-electron chi connectivity index (χ2n) is 7.97. The van der Waals surface area contributed by atoms with E-state index in [1.165, 1.54) is 51.4 Å². The quantitative estimate of drug-likeness (QED) is 0.309. The molecule has 0 spiro atoms. The molecule has 1 atom stereocenters. The number of nitrogens with zero attached hydrogens (tertiary/aromatic N) is 2. The summed E-state index contributed by atoms with van der Waals surface area (Å²) in [6.07, 6.45) is 8.53. The minimum atomic E-state index is -1.33. The maximum atomic E-state index is 10.8. The molecule has 0 unspecified atom stereocenters. The van der Waals surface area contributed by atoms with E-state index in [-0.39, 0.29) is 17.7 Å². The van der Waals surface area contributed by atoms with Crippen molar-refractivity contribution in [1.82, 2.24) is 15.3 Å². The standard InChI is InChI=1S/C19H31N7O2/c1-11(13-8-5-9-13)23-17-14(22-10-12-6-3-2-4-7-12)15(20)24-18(26-17)16(21)25-19(27)28/h11-13,22H,2-10H2,1H3,(H2,21,25)(H,27,28)(H3,20,23,24,26)/t11-/m1/s1. The molecular weight excluding hydrogens is 358 g/mol. The first-order valence-electron chi connectivity index (χ1n) is 10.2. The van der Waals surface area contributed by atoms with Crippen molar-refractivity contribution in [1.29, 1.82) is 5.41 Å². The van der Waals surface area contributed by atoms with Gasteiger partial charge in [0.05, 0.1) is 0 Å². The predicted octanol–water partition coefficient (Wildman–Crippen LogP) is 3.24. The Hall–Kier alpha value is -2.58. The average molecular weight is 390 g/mol. The molecule has 1 heterocycles. The first-order chi connectivity index (χ1) is 13.4. The van der Waals surface area contributed by atoms with Crippen LogP contribution in [-0.4, -0.2) is 39.6 Å². The van der Waals surface area contributed by atoms with Crippen molar-refractivity contribution < 1.29 is 9.90 Å². The third kappa shape index (κ3) is 5.02. The number of rotatable bonds is 7. The van der Waals surface area contributed by atoms with Crippen LogP contribution >= 0.6 is 0 Å². The molecule has 0 radical (unpaired) electrons. The molecule has 1 aromatic heterocycles. The number of amides is 1. The first-order valence-corrected chi connectivity index (χ1v) is 10.2. The lowest BCUT2D eigenvalue weighted by atomic mass is 9.80. The fraction of sp³-hybridized carbons (Fsp3) is 0.684. The van der Waals surface area contributed by atoms with Crippen LogP contribution < -0.4 is 21.7 Å². The predicted molar refractivity (Wildman–Crippen MR) is 110 cm³/mol. The van der Waals surface area contributed by atoms with Gasteiger partial charge in [0.25, 0.3) is 0 Å². The Bertz CT molecular complexity index is 714. The number of carboxylic acid groups (broad SMARTS) is 1. The van der Waals surface area contributed by atoms with Crippen molar-refractivity contribution in [2.24, 2.45) is 11.8 Å². The summed E-state index contributed by atoms with van der Waals surface area (Å²) in [4.78, 5) is 19.4. The summed E-state index contributed by atoms with van der Waals surface area (Å²) in [6.45, 7) is 2.93. The van der Waals surface area contributed by atoms with Crippen LogP contribution in [0.5, 0.6) is 0 Å². The minimum Gasteiger partial charge on any atom is -0.465 e. The van der Waals surface area contributed by atoms with Crippen LogP contribution in [0.3, 0.4) is 0 Å². The van der Waals surface area contributed by atoms with Gasteiger partial charge in [0.1, 0.15) is 5.69 Å². The van der Waals surface area contributed by atoms with Gasteiger partial charge in [-0.2, -0.15) is 0 Å². The molecule has 2 aliphatic rings. The van der Waals surface area contributed by atoms with Crippen molar-refractivity contribution in [2.45, 2.75) is 64.3 Å². The highest BCUT2D eigenvalue weighted by molar-refractivity contribution is 6.02. The summed E-state index contributed by atoms with van der Waals surface area (Å²) in [6, 6.07) is 0.216. The molecule has 28 heavy (non-hydrogen) atoms. The number of carbonyl (C=O) groups is 1. The third-order valence-electron chi connectivity index (χ3n) is 5.91. The molecule has 0 saturated heterocycles. The van der Waals surface area contributed by atoms with E-state index in [0.717, 1.165) is 6.54 Å². The summed E-state index contributed by atoms with van der Waals surface area (Å²) in [5.74, 6) is 1.53. The summed E-state index contributed by atoms with van der Waals surface area (Å²) in [5, 5.41) is 25.6. The summed E-state index contributed by atoms with van der Waals surface area (Å²) < 4.78 is 0. The molecule has 154 valence electrons. The highest BCUT2D eigenvalue weighted by Crippen LogP contribution is 2.34. The zero-order valence-electron chi connectivity index (χ0n) is 16.4. The van der Waals surface area contributed by atoms with Crippen LogP contribution in [0.1, 0.15) is 64.1 Å². The van der Waals surface area contributed by atoms with Crippen molar-refractivity contribution in [2.75, 3.05) is 22.9 Å².